The third kappa shape index (κ3) is 3.38. The molecule has 0 fully saturated rings. The van der Waals surface area contributed by atoms with Crippen LogP contribution in [0.2, 0.25) is 0 Å². The lowest BCUT2D eigenvalue weighted by Gasteiger charge is -2.28. The molecule has 0 aliphatic rings. The third-order valence-electron chi connectivity index (χ3n) is 5.43. The standard InChI is InChI=1S/C24H27ClSi/c1-16-11-17(2)13-24(12-16)26(25,22-9-7-18(3)20(5)14-22)23-10-8-19(4)21(6)15-23/h7-15H,1-6H3. The summed E-state index contributed by atoms with van der Waals surface area (Å²) < 4.78 is 0. The van der Waals surface area contributed by atoms with E-state index in [2.05, 4.69) is 96.1 Å². The number of aryl methyl sites for hydroxylation is 6. The van der Waals surface area contributed by atoms with Gasteiger partial charge in [-0.25, -0.2) is 0 Å². The van der Waals surface area contributed by atoms with Crippen molar-refractivity contribution in [1.82, 2.24) is 0 Å². The van der Waals surface area contributed by atoms with E-state index in [4.69, 9.17) is 11.1 Å². The Bertz CT molecular complexity index is 900. The number of halogens is 1. The van der Waals surface area contributed by atoms with Crippen LogP contribution >= 0.6 is 11.1 Å². The van der Waals surface area contributed by atoms with Gasteiger partial charge in [0.15, 0.2) is 0 Å². The van der Waals surface area contributed by atoms with E-state index in [9.17, 15) is 0 Å². The van der Waals surface area contributed by atoms with E-state index >= 15 is 0 Å². The minimum atomic E-state index is -2.58. The van der Waals surface area contributed by atoms with Crippen molar-refractivity contribution in [2.75, 3.05) is 0 Å². The minimum absolute atomic E-state index is 1.26. The molecule has 0 bridgehead atoms. The van der Waals surface area contributed by atoms with E-state index in [0.29, 0.717) is 0 Å². The van der Waals surface area contributed by atoms with E-state index in [0.717, 1.165) is 0 Å². The normalized spacial score (nSPS) is 11.7. The van der Waals surface area contributed by atoms with Gasteiger partial charge >= 0.3 is 0 Å². The topological polar surface area (TPSA) is 0 Å². The third-order valence-corrected chi connectivity index (χ3v) is 10.7. The van der Waals surface area contributed by atoms with Crippen LogP contribution in [0.1, 0.15) is 33.4 Å². The highest BCUT2D eigenvalue weighted by molar-refractivity contribution is 7.40. The highest BCUT2D eigenvalue weighted by Gasteiger charge is 2.38. The Hall–Kier alpha value is -1.83. The molecule has 0 saturated heterocycles. The monoisotopic (exact) mass is 378 g/mol. The number of rotatable bonds is 3. The Kier molecular flexibility index (Phi) is 5.14. The van der Waals surface area contributed by atoms with Gasteiger partial charge in [0.05, 0.1) is 0 Å². The second-order valence-electron chi connectivity index (χ2n) is 7.63. The fourth-order valence-corrected chi connectivity index (χ4v) is 7.93. The molecule has 26 heavy (non-hydrogen) atoms. The SMILES string of the molecule is Cc1cc(C)cc([Si](Cl)(c2ccc(C)c(C)c2)c2ccc(C)c(C)c2)c1. The molecule has 0 nitrogen and oxygen atoms in total. The molecule has 0 spiro atoms. The smallest absolute Gasteiger partial charge is 0.149 e. The van der Waals surface area contributed by atoms with E-state index in [1.165, 1.54) is 48.9 Å². The maximum absolute atomic E-state index is 7.65. The van der Waals surface area contributed by atoms with Crippen molar-refractivity contribution >= 4 is 34.0 Å². The summed E-state index contributed by atoms with van der Waals surface area (Å²) >= 11 is 7.65. The predicted octanol–water partition coefficient (Wildman–Crippen LogP) is 4.74. The van der Waals surface area contributed by atoms with Crippen LogP contribution in [-0.4, -0.2) is 7.38 Å². The molecule has 0 N–H and O–H groups in total. The van der Waals surface area contributed by atoms with E-state index in [1.807, 2.05) is 0 Å². The largest absolute Gasteiger partial charge is 0.247 e. The van der Waals surface area contributed by atoms with Crippen LogP contribution in [0.3, 0.4) is 0 Å². The van der Waals surface area contributed by atoms with Gasteiger partial charge in [-0.1, -0.05) is 65.7 Å². The summed E-state index contributed by atoms with van der Waals surface area (Å²) in [5.74, 6) is 0. The first-order chi connectivity index (χ1) is 12.2. The maximum Gasteiger partial charge on any atom is 0.247 e. The lowest BCUT2D eigenvalue weighted by molar-refractivity contribution is 1.35. The number of hydrogen-bond acceptors (Lipinski definition) is 0. The summed E-state index contributed by atoms with van der Waals surface area (Å²) in [6.45, 7) is 13.0. The van der Waals surface area contributed by atoms with Crippen molar-refractivity contribution in [3.63, 3.8) is 0 Å². The molecule has 0 amide bonds. The van der Waals surface area contributed by atoms with Crippen LogP contribution in [0.4, 0.5) is 0 Å². The molecule has 3 aromatic rings. The molecule has 0 unspecified atom stereocenters. The molecule has 0 aromatic heterocycles. The molecule has 134 valence electrons. The molecule has 2 heteroatoms. The van der Waals surface area contributed by atoms with Crippen LogP contribution in [-0.2, 0) is 0 Å². The first kappa shape index (κ1) is 18.9. The Morgan fingerprint density at radius 3 is 1.31 bits per heavy atom. The van der Waals surface area contributed by atoms with Gasteiger partial charge in [0.25, 0.3) is 0 Å². The summed E-state index contributed by atoms with van der Waals surface area (Å²) in [5.41, 5.74) is 7.75. The van der Waals surface area contributed by atoms with Crippen molar-refractivity contribution in [2.24, 2.45) is 0 Å². The zero-order chi connectivity index (χ0) is 19.1. The number of hydrogen-bond donors (Lipinski definition) is 0. The van der Waals surface area contributed by atoms with Gasteiger partial charge in [-0.3, -0.25) is 0 Å². The lowest BCUT2D eigenvalue weighted by atomic mass is 10.1. The first-order valence-electron chi connectivity index (χ1n) is 9.15. The lowest BCUT2D eigenvalue weighted by Crippen LogP contribution is -2.63. The molecular formula is C24H27ClSi. The summed E-state index contributed by atoms with van der Waals surface area (Å²) in [6, 6.07) is 20.2. The Morgan fingerprint density at radius 1 is 0.500 bits per heavy atom. The van der Waals surface area contributed by atoms with Crippen molar-refractivity contribution < 1.29 is 0 Å². The molecule has 0 atom stereocenters. The maximum atomic E-state index is 7.65. The van der Waals surface area contributed by atoms with E-state index < -0.39 is 7.38 Å². The van der Waals surface area contributed by atoms with Gasteiger partial charge in [0.2, 0.25) is 7.38 Å². The summed E-state index contributed by atoms with van der Waals surface area (Å²) in [7, 11) is -2.58. The van der Waals surface area contributed by atoms with Crippen molar-refractivity contribution in [1.29, 1.82) is 0 Å². The second kappa shape index (κ2) is 7.06. The average molecular weight is 379 g/mol. The summed E-state index contributed by atoms with van der Waals surface area (Å²) in [6.07, 6.45) is 0. The summed E-state index contributed by atoms with van der Waals surface area (Å²) in [4.78, 5) is 0. The fourth-order valence-electron chi connectivity index (χ4n) is 3.58. The van der Waals surface area contributed by atoms with Gasteiger partial charge in [-0.2, -0.15) is 0 Å². The van der Waals surface area contributed by atoms with Crippen LogP contribution in [0.25, 0.3) is 0 Å². The van der Waals surface area contributed by atoms with Gasteiger partial charge < -0.3 is 0 Å². The van der Waals surface area contributed by atoms with E-state index in [-0.39, 0.29) is 0 Å². The molecule has 3 aromatic carbocycles. The van der Waals surface area contributed by atoms with Gasteiger partial charge in [0, 0.05) is 0 Å². The van der Waals surface area contributed by atoms with E-state index in [1.54, 1.807) is 0 Å². The van der Waals surface area contributed by atoms with Crippen LogP contribution in [0, 0.1) is 41.5 Å². The summed E-state index contributed by atoms with van der Waals surface area (Å²) in [5, 5.41) is 3.79. The van der Waals surface area contributed by atoms with Gasteiger partial charge in [0.1, 0.15) is 0 Å². The number of benzene rings is 3. The van der Waals surface area contributed by atoms with Crippen LogP contribution in [0.15, 0.2) is 54.6 Å². The predicted molar refractivity (Wildman–Crippen MR) is 118 cm³/mol. The van der Waals surface area contributed by atoms with Gasteiger partial charge in [-0.15, -0.1) is 11.1 Å². The van der Waals surface area contributed by atoms with Crippen LogP contribution < -0.4 is 15.6 Å². The Labute approximate surface area is 163 Å². The van der Waals surface area contributed by atoms with Crippen LogP contribution in [0.5, 0.6) is 0 Å². The molecule has 0 aliphatic carbocycles. The molecule has 0 heterocycles. The van der Waals surface area contributed by atoms with Crippen molar-refractivity contribution in [3.05, 3.63) is 88.0 Å². The van der Waals surface area contributed by atoms with Gasteiger partial charge in [-0.05, 0) is 79.4 Å². The molecule has 0 saturated carbocycles. The fraction of sp³-hybridized carbons (Fsp3) is 0.250. The highest BCUT2D eigenvalue weighted by atomic mass is 35.6. The molecule has 0 radical (unpaired) electrons. The molecular weight excluding hydrogens is 352 g/mol. The minimum Gasteiger partial charge on any atom is -0.149 e. The van der Waals surface area contributed by atoms with Crippen molar-refractivity contribution in [2.45, 2.75) is 41.5 Å². The Morgan fingerprint density at radius 2 is 0.923 bits per heavy atom. The zero-order valence-electron chi connectivity index (χ0n) is 16.6. The molecule has 3 rings (SSSR count). The highest BCUT2D eigenvalue weighted by Crippen LogP contribution is 2.18. The first-order valence-corrected chi connectivity index (χ1v) is 12.2. The quantitative estimate of drug-likeness (QED) is 0.350. The molecule has 0 aliphatic heterocycles. The Balaban J connectivity index is 2.33. The second-order valence-corrected chi connectivity index (χ2v) is 12.4. The van der Waals surface area contributed by atoms with Crippen molar-refractivity contribution in [3.8, 4) is 0 Å². The average Bonchev–Trinajstić information content (AvgIpc) is 2.58. The zero-order valence-corrected chi connectivity index (χ0v) is 18.3.